The third-order valence-electron chi connectivity index (χ3n) is 10.7. The maximum Gasteiger partial charge on any atom is 0.310 e. The van der Waals surface area contributed by atoms with Gasteiger partial charge in [-0.05, 0) is 86.0 Å². The Kier molecular flexibility index (Phi) is 11.6. The Balaban J connectivity index is 1.01. The zero-order valence-corrected chi connectivity index (χ0v) is 32.3. The fourth-order valence-electron chi connectivity index (χ4n) is 7.82. The summed E-state index contributed by atoms with van der Waals surface area (Å²) in [5.41, 5.74) is 4.99. The molecule has 7 rings (SSSR count). The van der Waals surface area contributed by atoms with Gasteiger partial charge >= 0.3 is 5.97 Å². The Morgan fingerprint density at radius 1 is 1.07 bits per heavy atom. The predicted molar refractivity (Wildman–Crippen MR) is 210 cm³/mol. The van der Waals surface area contributed by atoms with E-state index in [1.54, 1.807) is 38.4 Å². The van der Waals surface area contributed by atoms with Crippen LogP contribution >= 0.6 is 23.2 Å². The molecule has 2 saturated heterocycles. The van der Waals surface area contributed by atoms with E-state index in [0.717, 1.165) is 59.2 Å². The molecular formula is C41H44Cl2N6O6. The van der Waals surface area contributed by atoms with Crippen LogP contribution in [0.15, 0.2) is 60.8 Å². The van der Waals surface area contributed by atoms with Crippen molar-refractivity contribution < 1.29 is 29.0 Å². The highest BCUT2D eigenvalue weighted by molar-refractivity contribution is 6.37. The molecule has 55 heavy (non-hydrogen) atoms. The molecule has 2 aromatic heterocycles. The number of halogens is 2. The molecule has 1 aliphatic carbocycles. The molecule has 14 heteroatoms. The van der Waals surface area contributed by atoms with Crippen LogP contribution in [-0.4, -0.2) is 70.5 Å². The number of carboxylic acid groups (broad SMARTS) is 1. The van der Waals surface area contributed by atoms with Gasteiger partial charge in [-0.3, -0.25) is 19.3 Å². The lowest BCUT2D eigenvalue weighted by Gasteiger charge is -2.37. The summed E-state index contributed by atoms with van der Waals surface area (Å²) >= 11 is 13.7. The van der Waals surface area contributed by atoms with Crippen molar-refractivity contribution >= 4 is 46.8 Å². The number of hydrogen-bond acceptors (Lipinski definition) is 9. The molecule has 4 heterocycles. The summed E-state index contributed by atoms with van der Waals surface area (Å²) < 4.78 is 12.0. The number of methoxy groups -OCH3 is 1. The topological polar surface area (TPSA) is 155 Å². The molecule has 4 aromatic rings. The number of carbonyl (C=O) groups excluding carboxylic acids is 2. The van der Waals surface area contributed by atoms with E-state index >= 15 is 0 Å². The van der Waals surface area contributed by atoms with Crippen molar-refractivity contribution in [3.05, 3.63) is 98.7 Å². The van der Waals surface area contributed by atoms with Crippen molar-refractivity contribution in [1.29, 1.82) is 0 Å². The summed E-state index contributed by atoms with van der Waals surface area (Å²) in [6, 6.07) is 16.9. The van der Waals surface area contributed by atoms with Crippen molar-refractivity contribution in [3.8, 4) is 22.9 Å². The number of likely N-dealkylation sites (tertiary alicyclic amines) is 1. The second-order valence-corrected chi connectivity index (χ2v) is 15.5. The molecule has 3 atom stereocenters. The van der Waals surface area contributed by atoms with Crippen LogP contribution in [0.5, 0.6) is 11.8 Å². The van der Waals surface area contributed by atoms with Crippen LogP contribution in [0.3, 0.4) is 0 Å². The van der Waals surface area contributed by atoms with Crippen LogP contribution in [-0.2, 0) is 29.1 Å². The number of piperidine rings is 1. The smallest absolute Gasteiger partial charge is 0.310 e. The average molecular weight is 788 g/mol. The van der Waals surface area contributed by atoms with Crippen LogP contribution in [0.2, 0.25) is 10.0 Å². The van der Waals surface area contributed by atoms with Crippen molar-refractivity contribution in [2.75, 3.05) is 32.1 Å². The van der Waals surface area contributed by atoms with Gasteiger partial charge in [0.05, 0.1) is 23.1 Å². The first-order valence-corrected chi connectivity index (χ1v) is 19.3. The van der Waals surface area contributed by atoms with Crippen molar-refractivity contribution in [1.82, 2.24) is 25.5 Å². The van der Waals surface area contributed by atoms with Gasteiger partial charge in [0.2, 0.25) is 17.7 Å². The first-order valence-electron chi connectivity index (χ1n) is 18.5. The van der Waals surface area contributed by atoms with Gasteiger partial charge < -0.3 is 30.5 Å². The Bertz CT molecular complexity index is 2100. The van der Waals surface area contributed by atoms with Gasteiger partial charge in [0.15, 0.2) is 0 Å². The largest absolute Gasteiger partial charge is 0.481 e. The molecular weight excluding hydrogens is 743 g/mol. The van der Waals surface area contributed by atoms with Gasteiger partial charge in [0, 0.05) is 56.0 Å². The average Bonchev–Trinajstić information content (AvgIpc) is 3.78. The van der Waals surface area contributed by atoms with E-state index in [0.29, 0.717) is 72.7 Å². The number of carbonyl (C=O) groups is 3. The highest BCUT2D eigenvalue weighted by Gasteiger charge is 2.38. The first kappa shape index (κ1) is 38.5. The number of amides is 2. The van der Waals surface area contributed by atoms with Gasteiger partial charge in [-0.15, -0.1) is 0 Å². The Morgan fingerprint density at radius 3 is 2.64 bits per heavy atom. The van der Waals surface area contributed by atoms with Gasteiger partial charge in [-0.2, -0.15) is 4.98 Å². The van der Waals surface area contributed by atoms with E-state index in [1.165, 1.54) is 0 Å². The maximum absolute atomic E-state index is 13.5. The lowest BCUT2D eigenvalue weighted by molar-refractivity contribution is -0.151. The molecule has 288 valence electrons. The van der Waals surface area contributed by atoms with Crippen LogP contribution in [0.25, 0.3) is 11.1 Å². The molecule has 2 amide bonds. The number of aromatic nitrogens is 2. The molecule has 2 aliphatic heterocycles. The van der Waals surface area contributed by atoms with E-state index in [4.69, 9.17) is 32.7 Å². The number of nitrogens with zero attached hydrogens (tertiary/aromatic N) is 3. The van der Waals surface area contributed by atoms with E-state index in [-0.39, 0.29) is 29.8 Å². The molecule has 12 nitrogen and oxygen atoms in total. The number of hydrogen-bond donors (Lipinski definition) is 4. The van der Waals surface area contributed by atoms with Crippen molar-refractivity contribution in [3.63, 3.8) is 0 Å². The van der Waals surface area contributed by atoms with E-state index in [9.17, 15) is 19.5 Å². The summed E-state index contributed by atoms with van der Waals surface area (Å²) in [5.74, 6) is -0.00686. The van der Waals surface area contributed by atoms with Crippen LogP contribution < -0.4 is 25.4 Å². The number of fused-ring (bicyclic) bond motifs is 1. The molecule has 3 aliphatic rings. The molecule has 2 unspecified atom stereocenters. The number of benzene rings is 2. The molecule has 0 spiro atoms. The fourth-order valence-corrected chi connectivity index (χ4v) is 8.35. The number of ether oxygens (including phenoxy) is 2. The lowest BCUT2D eigenvalue weighted by Crippen LogP contribution is -2.45. The van der Waals surface area contributed by atoms with E-state index < -0.39 is 11.4 Å². The fraction of sp³-hybridized carbons (Fsp3) is 0.390. The van der Waals surface area contributed by atoms with Crippen molar-refractivity contribution in [2.24, 2.45) is 5.41 Å². The third-order valence-corrected chi connectivity index (χ3v) is 11.4. The van der Waals surface area contributed by atoms with Gasteiger partial charge in [-0.1, -0.05) is 59.6 Å². The predicted octanol–water partition coefficient (Wildman–Crippen LogP) is 6.83. The second kappa shape index (κ2) is 16.5. The van der Waals surface area contributed by atoms with Gasteiger partial charge in [0.1, 0.15) is 16.9 Å². The van der Waals surface area contributed by atoms with Gasteiger partial charge in [-0.25, -0.2) is 4.98 Å². The third kappa shape index (κ3) is 8.57. The summed E-state index contributed by atoms with van der Waals surface area (Å²) in [5, 5.41) is 19.5. The SMILES string of the molecule is COc1nc(O[C@H]2CCc3c(-c4cccc(C(=O)Nc5ccc(CN6CCCC(C)(C(=O)O)C6)cn5)c4Cl)cccc32)c(Cl)cc1CNCC1CCC(=O)N1. The summed E-state index contributed by atoms with van der Waals surface area (Å²) in [7, 11) is 1.56. The zero-order chi connectivity index (χ0) is 38.7. The Morgan fingerprint density at radius 2 is 1.89 bits per heavy atom. The standard InChI is InChI=1S/C41H44Cl2N6O6/c1-41(40(52)53)16-5-17-49(23-41)22-24-10-14-34(45-19-24)47-37(51)31-9-4-8-30(36(31)43)27-6-3-7-29-28(27)12-13-33(29)55-39-32(42)18-25(38(48-39)54-2)20-44-21-26-11-15-35(50)46-26/h3-4,6-10,14,18-19,26,33,44H,5,11-13,15-17,20-23H2,1-2H3,(H,46,50)(H,52,53)(H,45,47,51)/t26?,33-,41?/m0/s1. The Hall–Kier alpha value is -4.75. The molecule has 2 fully saturated rings. The number of carboxylic acids is 1. The number of aliphatic carboxylic acids is 1. The first-order chi connectivity index (χ1) is 26.5. The molecule has 2 aromatic carbocycles. The van der Waals surface area contributed by atoms with Crippen LogP contribution in [0.1, 0.15) is 77.7 Å². The minimum Gasteiger partial charge on any atom is -0.481 e. The zero-order valence-electron chi connectivity index (χ0n) is 30.8. The van der Waals surface area contributed by atoms with E-state index in [2.05, 4.69) is 30.8 Å². The monoisotopic (exact) mass is 786 g/mol. The van der Waals surface area contributed by atoms with Crippen molar-refractivity contribution in [2.45, 2.75) is 70.7 Å². The highest BCUT2D eigenvalue weighted by Crippen LogP contribution is 2.43. The normalized spacial score (nSPS) is 20.8. The van der Waals surface area contributed by atoms with Crippen LogP contribution in [0, 0.1) is 5.41 Å². The molecule has 0 saturated carbocycles. The second-order valence-electron chi connectivity index (χ2n) is 14.7. The molecule has 4 N–H and O–H groups in total. The molecule has 0 radical (unpaired) electrons. The highest BCUT2D eigenvalue weighted by atomic mass is 35.5. The molecule has 0 bridgehead atoms. The van der Waals surface area contributed by atoms with E-state index in [1.807, 2.05) is 36.4 Å². The summed E-state index contributed by atoms with van der Waals surface area (Å²) in [6.45, 7) is 4.78. The summed E-state index contributed by atoms with van der Waals surface area (Å²) in [4.78, 5) is 48.0. The van der Waals surface area contributed by atoms with Gasteiger partial charge in [0.25, 0.3) is 5.91 Å². The maximum atomic E-state index is 13.5. The quantitative estimate of drug-likeness (QED) is 0.113. The number of anilines is 1. The minimum absolute atomic E-state index is 0.0756. The number of pyridine rings is 2. The van der Waals surface area contributed by atoms with Crippen LogP contribution in [0.4, 0.5) is 5.82 Å². The minimum atomic E-state index is -0.772. The lowest BCUT2D eigenvalue weighted by atomic mass is 9.82. The Labute approximate surface area is 329 Å². The summed E-state index contributed by atoms with van der Waals surface area (Å²) in [6.07, 6.45) is 5.65. The number of nitrogens with one attached hydrogen (secondary N) is 3. The number of rotatable bonds is 13.